The summed E-state index contributed by atoms with van der Waals surface area (Å²) in [6.07, 6.45) is 10.6. The molecule has 3 fully saturated rings. The van der Waals surface area contributed by atoms with E-state index in [2.05, 4.69) is 16.0 Å². The van der Waals surface area contributed by atoms with Crippen molar-refractivity contribution in [3.05, 3.63) is 0 Å². The zero-order valence-electron chi connectivity index (χ0n) is 14.3. The summed E-state index contributed by atoms with van der Waals surface area (Å²) in [5, 5.41) is 10.4. The number of rotatable bonds is 6. The number of hydrogen-bond donors (Lipinski definition) is 3. The summed E-state index contributed by atoms with van der Waals surface area (Å²) in [6, 6.07) is 1.45. The van der Waals surface area contributed by atoms with Gasteiger partial charge in [0.1, 0.15) is 0 Å². The van der Waals surface area contributed by atoms with E-state index in [0.29, 0.717) is 30.5 Å². The lowest BCUT2D eigenvalue weighted by Crippen LogP contribution is -2.51. The van der Waals surface area contributed by atoms with Gasteiger partial charge in [0.05, 0.1) is 13.2 Å². The zero-order valence-corrected chi connectivity index (χ0v) is 14.3. The minimum absolute atomic E-state index is 0.220. The normalized spacial score (nSPS) is 32.8. The van der Waals surface area contributed by atoms with Gasteiger partial charge in [-0.3, -0.25) is 4.79 Å². The highest BCUT2D eigenvalue weighted by Gasteiger charge is 2.34. The summed E-state index contributed by atoms with van der Waals surface area (Å²) >= 11 is 0. The van der Waals surface area contributed by atoms with Crippen molar-refractivity contribution in [3.8, 4) is 0 Å². The van der Waals surface area contributed by atoms with Crippen molar-refractivity contribution < 1.29 is 9.53 Å². The van der Waals surface area contributed by atoms with Gasteiger partial charge in [0, 0.05) is 37.6 Å². The van der Waals surface area contributed by atoms with Crippen LogP contribution in [-0.2, 0) is 9.53 Å². The van der Waals surface area contributed by atoms with Gasteiger partial charge in [-0.1, -0.05) is 25.7 Å². The van der Waals surface area contributed by atoms with E-state index in [1.165, 1.54) is 38.5 Å². The van der Waals surface area contributed by atoms with Crippen LogP contribution in [0.2, 0.25) is 0 Å². The average Bonchev–Trinajstić information content (AvgIpc) is 3.05. The molecule has 0 radical (unpaired) electrons. The molecule has 1 heterocycles. The topological polar surface area (TPSA) is 62.4 Å². The van der Waals surface area contributed by atoms with Gasteiger partial charge in [0.15, 0.2) is 0 Å². The summed E-state index contributed by atoms with van der Waals surface area (Å²) in [5.41, 5.74) is 0. The van der Waals surface area contributed by atoms with Crippen LogP contribution >= 0.6 is 0 Å². The largest absolute Gasteiger partial charge is 0.379 e. The SMILES string of the molecule is O=C(CCNC1CCCC1C1COCCN1)NC1CCCCC1. The summed E-state index contributed by atoms with van der Waals surface area (Å²) < 4.78 is 5.62. The monoisotopic (exact) mass is 323 g/mol. The Bertz CT molecular complexity index is 365. The predicted molar refractivity (Wildman–Crippen MR) is 91.4 cm³/mol. The molecule has 1 aliphatic heterocycles. The molecule has 0 aromatic heterocycles. The lowest BCUT2D eigenvalue weighted by atomic mass is 9.94. The maximum absolute atomic E-state index is 12.1. The second-order valence-corrected chi connectivity index (χ2v) is 7.44. The Labute approximate surface area is 140 Å². The number of carbonyl (C=O) groups is 1. The fourth-order valence-electron chi connectivity index (χ4n) is 4.50. The van der Waals surface area contributed by atoms with Gasteiger partial charge in [0.25, 0.3) is 0 Å². The smallest absolute Gasteiger partial charge is 0.221 e. The van der Waals surface area contributed by atoms with Gasteiger partial charge in [0.2, 0.25) is 5.91 Å². The highest BCUT2D eigenvalue weighted by atomic mass is 16.5. The average molecular weight is 323 g/mol. The molecule has 0 aromatic rings. The number of nitrogens with one attached hydrogen (secondary N) is 3. The van der Waals surface area contributed by atoms with Gasteiger partial charge in [-0.05, 0) is 31.6 Å². The number of carbonyl (C=O) groups excluding carboxylic acids is 1. The fraction of sp³-hybridized carbons (Fsp3) is 0.944. The molecule has 3 atom stereocenters. The van der Waals surface area contributed by atoms with Gasteiger partial charge in [-0.25, -0.2) is 0 Å². The molecule has 23 heavy (non-hydrogen) atoms. The van der Waals surface area contributed by atoms with E-state index in [1.807, 2.05) is 0 Å². The molecule has 2 saturated carbocycles. The molecule has 1 amide bonds. The maximum atomic E-state index is 12.1. The van der Waals surface area contributed by atoms with Crippen molar-refractivity contribution in [2.75, 3.05) is 26.3 Å². The Morgan fingerprint density at radius 1 is 1.09 bits per heavy atom. The summed E-state index contributed by atoms with van der Waals surface area (Å²) in [5.74, 6) is 0.870. The minimum atomic E-state index is 0.220. The van der Waals surface area contributed by atoms with E-state index in [4.69, 9.17) is 4.74 Å². The van der Waals surface area contributed by atoms with Crippen molar-refractivity contribution in [2.24, 2.45) is 5.92 Å². The Kier molecular flexibility index (Phi) is 6.72. The number of amides is 1. The molecule has 1 saturated heterocycles. The number of ether oxygens (including phenoxy) is 1. The van der Waals surface area contributed by atoms with Gasteiger partial charge < -0.3 is 20.7 Å². The first-order valence-electron chi connectivity index (χ1n) is 9.67. The number of hydrogen-bond acceptors (Lipinski definition) is 4. The van der Waals surface area contributed by atoms with Gasteiger partial charge >= 0.3 is 0 Å². The minimum Gasteiger partial charge on any atom is -0.379 e. The van der Waals surface area contributed by atoms with Crippen LogP contribution in [0.15, 0.2) is 0 Å². The van der Waals surface area contributed by atoms with E-state index >= 15 is 0 Å². The molecule has 2 aliphatic carbocycles. The zero-order chi connectivity index (χ0) is 15.9. The summed E-state index contributed by atoms with van der Waals surface area (Å²) in [7, 11) is 0. The fourth-order valence-corrected chi connectivity index (χ4v) is 4.50. The molecule has 0 spiro atoms. The van der Waals surface area contributed by atoms with Crippen LogP contribution in [0.5, 0.6) is 0 Å². The van der Waals surface area contributed by atoms with Crippen molar-refractivity contribution >= 4 is 5.91 Å². The molecule has 3 aliphatic rings. The van der Waals surface area contributed by atoms with E-state index in [-0.39, 0.29) is 5.91 Å². The van der Waals surface area contributed by atoms with Crippen molar-refractivity contribution in [1.82, 2.24) is 16.0 Å². The van der Waals surface area contributed by atoms with Crippen molar-refractivity contribution in [2.45, 2.75) is 75.9 Å². The molecule has 5 nitrogen and oxygen atoms in total. The molecule has 5 heteroatoms. The molecule has 3 N–H and O–H groups in total. The molecular weight excluding hydrogens is 290 g/mol. The van der Waals surface area contributed by atoms with E-state index in [9.17, 15) is 4.79 Å². The van der Waals surface area contributed by atoms with Crippen molar-refractivity contribution in [1.29, 1.82) is 0 Å². The van der Waals surface area contributed by atoms with Crippen molar-refractivity contribution in [3.63, 3.8) is 0 Å². The standard InChI is InChI=1S/C18H33N3O2/c22-18(21-14-5-2-1-3-6-14)9-10-19-16-8-4-7-15(16)17-13-23-12-11-20-17/h14-17,19-20H,1-13H2,(H,21,22). The van der Waals surface area contributed by atoms with Gasteiger partial charge in [-0.2, -0.15) is 0 Å². The van der Waals surface area contributed by atoms with Crippen LogP contribution in [0.4, 0.5) is 0 Å². The third kappa shape index (κ3) is 5.16. The quantitative estimate of drug-likeness (QED) is 0.694. The number of morpholine rings is 1. The molecule has 0 aromatic carbocycles. The van der Waals surface area contributed by atoms with E-state index in [1.54, 1.807) is 0 Å². The van der Waals surface area contributed by atoms with Crippen LogP contribution < -0.4 is 16.0 Å². The van der Waals surface area contributed by atoms with Crippen LogP contribution in [0.3, 0.4) is 0 Å². The first kappa shape index (κ1) is 17.2. The van der Waals surface area contributed by atoms with Crippen LogP contribution in [-0.4, -0.2) is 50.3 Å². The Morgan fingerprint density at radius 3 is 2.74 bits per heavy atom. The highest BCUT2D eigenvalue weighted by molar-refractivity contribution is 5.76. The Morgan fingerprint density at radius 2 is 1.96 bits per heavy atom. The maximum Gasteiger partial charge on any atom is 0.221 e. The third-order valence-electron chi connectivity index (χ3n) is 5.77. The Balaban J connectivity index is 1.34. The first-order valence-corrected chi connectivity index (χ1v) is 9.67. The van der Waals surface area contributed by atoms with E-state index in [0.717, 1.165) is 39.1 Å². The van der Waals surface area contributed by atoms with Crippen LogP contribution in [0, 0.1) is 5.92 Å². The van der Waals surface area contributed by atoms with Crippen LogP contribution in [0.1, 0.15) is 57.8 Å². The highest BCUT2D eigenvalue weighted by Crippen LogP contribution is 2.29. The lowest BCUT2D eigenvalue weighted by Gasteiger charge is -2.33. The van der Waals surface area contributed by atoms with Crippen LogP contribution in [0.25, 0.3) is 0 Å². The summed E-state index contributed by atoms with van der Waals surface area (Å²) in [4.78, 5) is 12.1. The molecule has 3 rings (SSSR count). The first-order chi connectivity index (χ1) is 11.3. The molecular formula is C18H33N3O2. The Hall–Kier alpha value is -0.650. The summed E-state index contributed by atoms with van der Waals surface area (Å²) in [6.45, 7) is 3.44. The molecule has 132 valence electrons. The van der Waals surface area contributed by atoms with E-state index < -0.39 is 0 Å². The van der Waals surface area contributed by atoms with Gasteiger partial charge in [-0.15, -0.1) is 0 Å². The lowest BCUT2D eigenvalue weighted by molar-refractivity contribution is -0.121. The predicted octanol–water partition coefficient (Wildman–Crippen LogP) is 1.57. The second-order valence-electron chi connectivity index (χ2n) is 7.44. The molecule has 0 bridgehead atoms. The second kappa shape index (κ2) is 9.00. The molecule has 3 unspecified atom stereocenters. The third-order valence-corrected chi connectivity index (χ3v) is 5.77.